The third-order valence-electron chi connectivity index (χ3n) is 13.5. The molecule has 2 heteroatoms. The first-order chi connectivity index (χ1) is 21.5. The number of hydrogen-bond donors (Lipinski definition) is 1. The maximum absolute atomic E-state index is 11.8. The fourth-order valence-corrected chi connectivity index (χ4v) is 10.5. The van der Waals surface area contributed by atoms with Crippen LogP contribution in [0, 0.1) is 35.5 Å². The van der Waals surface area contributed by atoms with Crippen molar-refractivity contribution in [2.75, 3.05) is 6.61 Å². The molecule has 5 rings (SSSR count). The topological polar surface area (TPSA) is 29.5 Å². The van der Waals surface area contributed by atoms with Gasteiger partial charge in [-0.15, -0.1) is 0 Å². The molecule has 0 heterocycles. The standard InChI is InChI=1S/C42H70O2/c1-4-7-9-11-34-14-18-36(19-15-34)38-26-30-42(31-27-38,44-32-8-5-2)40-22-20-39(21-23-40)41(43)28-24-37(25-29-41)35-16-12-33(10-6-3)13-17-35/h20-23,33-38,43H,4-19,24-32H2,1-3H3. The van der Waals surface area contributed by atoms with Crippen LogP contribution in [0.5, 0.6) is 0 Å². The summed E-state index contributed by atoms with van der Waals surface area (Å²) < 4.78 is 6.86. The second kappa shape index (κ2) is 16.8. The molecule has 0 atom stereocenters. The highest BCUT2D eigenvalue weighted by molar-refractivity contribution is 5.32. The number of ether oxygens (including phenoxy) is 1. The van der Waals surface area contributed by atoms with E-state index in [2.05, 4.69) is 45.0 Å². The van der Waals surface area contributed by atoms with E-state index in [0.29, 0.717) is 0 Å². The molecule has 0 bridgehead atoms. The highest BCUT2D eigenvalue weighted by Gasteiger charge is 2.42. The molecule has 250 valence electrons. The number of rotatable bonds is 14. The minimum atomic E-state index is -0.641. The van der Waals surface area contributed by atoms with Gasteiger partial charge in [0.2, 0.25) is 0 Å². The van der Waals surface area contributed by atoms with Crippen LogP contribution in [-0.2, 0) is 15.9 Å². The molecule has 4 aliphatic rings. The smallest absolute Gasteiger partial charge is 0.0931 e. The molecule has 1 aromatic carbocycles. The molecule has 0 amide bonds. The van der Waals surface area contributed by atoms with Gasteiger partial charge in [-0.3, -0.25) is 0 Å². The molecule has 0 spiro atoms. The molecule has 0 aliphatic heterocycles. The zero-order valence-corrected chi connectivity index (χ0v) is 29.3. The normalized spacial score (nSPS) is 36.7. The third kappa shape index (κ3) is 8.73. The first-order valence-electron chi connectivity index (χ1n) is 20.0. The van der Waals surface area contributed by atoms with Gasteiger partial charge < -0.3 is 9.84 Å². The summed E-state index contributed by atoms with van der Waals surface area (Å²) in [5.41, 5.74) is 1.76. The van der Waals surface area contributed by atoms with Crippen LogP contribution >= 0.6 is 0 Å². The van der Waals surface area contributed by atoms with Crippen molar-refractivity contribution in [3.05, 3.63) is 35.4 Å². The summed E-state index contributed by atoms with van der Waals surface area (Å²) >= 11 is 0. The average molecular weight is 607 g/mol. The van der Waals surface area contributed by atoms with Crippen molar-refractivity contribution in [2.45, 2.75) is 186 Å². The van der Waals surface area contributed by atoms with E-state index in [0.717, 1.165) is 66.9 Å². The predicted octanol–water partition coefficient (Wildman–Crippen LogP) is 12.3. The molecule has 44 heavy (non-hydrogen) atoms. The van der Waals surface area contributed by atoms with Gasteiger partial charge in [-0.05, 0) is 130 Å². The maximum atomic E-state index is 11.8. The van der Waals surface area contributed by atoms with Crippen LogP contribution in [0.25, 0.3) is 0 Å². The fraction of sp³-hybridized carbons (Fsp3) is 0.857. The molecule has 0 aromatic heterocycles. The lowest BCUT2D eigenvalue weighted by Gasteiger charge is -2.44. The summed E-state index contributed by atoms with van der Waals surface area (Å²) in [7, 11) is 0. The average Bonchev–Trinajstić information content (AvgIpc) is 3.07. The van der Waals surface area contributed by atoms with Gasteiger partial charge in [0.1, 0.15) is 0 Å². The van der Waals surface area contributed by atoms with E-state index in [1.807, 2.05) is 0 Å². The quantitative estimate of drug-likeness (QED) is 0.213. The number of unbranched alkanes of at least 4 members (excludes halogenated alkanes) is 3. The van der Waals surface area contributed by atoms with E-state index in [4.69, 9.17) is 4.74 Å². The van der Waals surface area contributed by atoms with Gasteiger partial charge in [0, 0.05) is 6.61 Å². The Kier molecular flexibility index (Phi) is 13.2. The molecule has 1 aromatic rings. The van der Waals surface area contributed by atoms with Crippen molar-refractivity contribution in [3.8, 4) is 0 Å². The van der Waals surface area contributed by atoms with Crippen LogP contribution in [0.2, 0.25) is 0 Å². The molecule has 0 unspecified atom stereocenters. The van der Waals surface area contributed by atoms with Gasteiger partial charge in [-0.25, -0.2) is 0 Å². The lowest BCUT2D eigenvalue weighted by Crippen LogP contribution is -2.38. The lowest BCUT2D eigenvalue weighted by atomic mass is 9.65. The van der Waals surface area contributed by atoms with E-state index in [1.165, 1.54) is 140 Å². The van der Waals surface area contributed by atoms with Crippen molar-refractivity contribution in [3.63, 3.8) is 0 Å². The van der Waals surface area contributed by atoms with E-state index in [1.54, 1.807) is 0 Å². The highest BCUT2D eigenvalue weighted by atomic mass is 16.5. The first kappa shape index (κ1) is 34.5. The lowest BCUT2D eigenvalue weighted by molar-refractivity contribution is -0.0908. The summed E-state index contributed by atoms with van der Waals surface area (Å²) in [5, 5.41) is 11.8. The zero-order chi connectivity index (χ0) is 30.8. The van der Waals surface area contributed by atoms with Crippen LogP contribution in [0.3, 0.4) is 0 Å². The molecule has 4 aliphatic carbocycles. The highest BCUT2D eigenvalue weighted by Crippen LogP contribution is 2.50. The number of hydrogen-bond acceptors (Lipinski definition) is 2. The minimum Gasteiger partial charge on any atom is -0.385 e. The van der Waals surface area contributed by atoms with Crippen molar-refractivity contribution in [1.82, 2.24) is 0 Å². The molecule has 0 saturated heterocycles. The molecular weight excluding hydrogens is 536 g/mol. The first-order valence-corrected chi connectivity index (χ1v) is 20.0. The van der Waals surface area contributed by atoms with Crippen molar-refractivity contribution >= 4 is 0 Å². The summed E-state index contributed by atoms with van der Waals surface area (Å²) in [5.74, 6) is 5.58. The third-order valence-corrected chi connectivity index (χ3v) is 13.5. The Morgan fingerprint density at radius 3 is 1.55 bits per heavy atom. The SMILES string of the molecule is CCCCCC1CCC(C2CCC(OCCCC)(c3ccc(C4(O)CCC(C5CCC(CCC)CC5)CC4)cc3)CC2)CC1. The van der Waals surface area contributed by atoms with Crippen molar-refractivity contribution < 1.29 is 9.84 Å². The van der Waals surface area contributed by atoms with Crippen LogP contribution < -0.4 is 0 Å². The van der Waals surface area contributed by atoms with Crippen LogP contribution in [0.15, 0.2) is 24.3 Å². The molecule has 1 N–H and O–H groups in total. The van der Waals surface area contributed by atoms with Crippen LogP contribution in [0.1, 0.15) is 186 Å². The summed E-state index contributed by atoms with van der Waals surface area (Å²) in [6.45, 7) is 7.81. The van der Waals surface area contributed by atoms with E-state index in [-0.39, 0.29) is 5.60 Å². The minimum absolute atomic E-state index is 0.127. The largest absolute Gasteiger partial charge is 0.385 e. The van der Waals surface area contributed by atoms with Crippen LogP contribution in [0.4, 0.5) is 0 Å². The summed E-state index contributed by atoms with van der Waals surface area (Å²) in [6.07, 6.45) is 31.7. The Balaban J connectivity index is 1.15. The van der Waals surface area contributed by atoms with Gasteiger partial charge in [0.05, 0.1) is 11.2 Å². The molecule has 0 radical (unpaired) electrons. The van der Waals surface area contributed by atoms with Gasteiger partial charge in [-0.1, -0.05) is 116 Å². The number of aliphatic hydroxyl groups is 1. The van der Waals surface area contributed by atoms with E-state index in [9.17, 15) is 5.11 Å². The van der Waals surface area contributed by atoms with Gasteiger partial charge in [0.25, 0.3) is 0 Å². The Labute approximate surface area is 272 Å². The second-order valence-electron chi connectivity index (χ2n) is 16.3. The summed E-state index contributed by atoms with van der Waals surface area (Å²) in [4.78, 5) is 0. The van der Waals surface area contributed by atoms with Gasteiger partial charge in [0.15, 0.2) is 0 Å². The summed E-state index contributed by atoms with van der Waals surface area (Å²) in [6, 6.07) is 9.26. The van der Waals surface area contributed by atoms with Crippen molar-refractivity contribution in [2.24, 2.45) is 35.5 Å². The maximum Gasteiger partial charge on any atom is 0.0931 e. The molecule has 2 nitrogen and oxygen atoms in total. The zero-order valence-electron chi connectivity index (χ0n) is 29.3. The Bertz CT molecular complexity index is 919. The fourth-order valence-electron chi connectivity index (χ4n) is 10.5. The monoisotopic (exact) mass is 607 g/mol. The van der Waals surface area contributed by atoms with Gasteiger partial charge in [-0.2, -0.15) is 0 Å². The molecular formula is C42H70O2. The molecule has 4 saturated carbocycles. The van der Waals surface area contributed by atoms with E-state index >= 15 is 0 Å². The van der Waals surface area contributed by atoms with Gasteiger partial charge >= 0.3 is 0 Å². The molecule has 4 fully saturated rings. The predicted molar refractivity (Wildman–Crippen MR) is 187 cm³/mol. The Morgan fingerprint density at radius 1 is 0.545 bits per heavy atom. The Morgan fingerprint density at radius 2 is 1.02 bits per heavy atom. The Hall–Kier alpha value is -0.860. The van der Waals surface area contributed by atoms with Crippen molar-refractivity contribution in [1.29, 1.82) is 0 Å². The van der Waals surface area contributed by atoms with E-state index < -0.39 is 5.60 Å². The second-order valence-corrected chi connectivity index (χ2v) is 16.3. The van der Waals surface area contributed by atoms with Crippen LogP contribution in [-0.4, -0.2) is 11.7 Å². The number of benzene rings is 1.